The van der Waals surface area contributed by atoms with E-state index in [1.807, 2.05) is 36.4 Å². The van der Waals surface area contributed by atoms with Crippen LogP contribution in [0.15, 0.2) is 78.4 Å². The molecule has 0 aliphatic rings. The van der Waals surface area contributed by atoms with Crippen LogP contribution in [0, 0.1) is 64.2 Å². The van der Waals surface area contributed by atoms with Gasteiger partial charge in [-0.2, -0.15) is 10.5 Å². The number of aryl methyl sites for hydroxylation is 6. The lowest BCUT2D eigenvalue weighted by molar-refractivity contribution is 1.21. The number of hydrogen-bond acceptors (Lipinski definition) is 3. The Morgan fingerprint density at radius 3 is 1.41 bits per heavy atom. The fourth-order valence-electron chi connectivity index (χ4n) is 5.86. The van der Waals surface area contributed by atoms with E-state index in [9.17, 15) is 0 Å². The zero-order valence-corrected chi connectivity index (χ0v) is 23.9. The van der Waals surface area contributed by atoms with Crippen LogP contribution in [0.4, 0.5) is 11.4 Å². The van der Waals surface area contributed by atoms with Gasteiger partial charge in [-0.25, -0.2) is 0 Å². The lowest BCUT2D eigenvalue weighted by Gasteiger charge is -2.25. The van der Waals surface area contributed by atoms with E-state index in [2.05, 4.69) is 102 Å². The Morgan fingerprint density at radius 1 is 0.641 bits per heavy atom. The molecule has 0 fully saturated rings. The maximum Gasteiger partial charge on any atom is 0.242 e. The molecule has 4 rings (SSSR count). The second kappa shape index (κ2) is 11.5. The van der Waals surface area contributed by atoms with Crippen molar-refractivity contribution in [2.45, 2.75) is 41.5 Å². The molecule has 0 saturated carbocycles. The minimum absolute atomic E-state index is 0.0966. The lowest BCUT2D eigenvalue weighted by atomic mass is 9.34. The van der Waals surface area contributed by atoms with Crippen molar-refractivity contribution < 1.29 is 0 Å². The van der Waals surface area contributed by atoms with E-state index < -0.39 is 0 Å². The molecule has 0 amide bonds. The zero-order chi connectivity index (χ0) is 28.3. The van der Waals surface area contributed by atoms with Crippen molar-refractivity contribution in [3.05, 3.63) is 117 Å². The molecule has 192 valence electrons. The first-order valence-electron chi connectivity index (χ1n) is 13.2. The highest BCUT2D eigenvalue weighted by molar-refractivity contribution is 6.96. The summed E-state index contributed by atoms with van der Waals surface area (Å²) in [5.74, 6) is 0. The van der Waals surface area contributed by atoms with Crippen molar-refractivity contribution in [2.24, 2.45) is 0 Å². The SMILES string of the molecule is Cc1cc(C)c(B(c2ccc(N(C)c3ccc(C=C(C#N)C#N)cc3)cc2)c2c(C)cc(C)cc2C)c(C)c1. The number of benzene rings is 4. The van der Waals surface area contributed by atoms with Crippen LogP contribution in [0.1, 0.15) is 38.9 Å². The molecule has 4 aromatic rings. The molecule has 0 spiro atoms. The molecule has 4 aromatic carbocycles. The van der Waals surface area contributed by atoms with Gasteiger partial charge in [0.1, 0.15) is 17.7 Å². The average Bonchev–Trinajstić information content (AvgIpc) is 2.90. The zero-order valence-electron chi connectivity index (χ0n) is 23.9. The Balaban J connectivity index is 1.75. The molecule has 0 radical (unpaired) electrons. The van der Waals surface area contributed by atoms with Gasteiger partial charge in [0.05, 0.1) is 0 Å². The second-order valence-electron chi connectivity index (χ2n) is 10.6. The minimum Gasteiger partial charge on any atom is -0.345 e. The molecular weight excluding hydrogens is 473 g/mol. The normalized spacial score (nSPS) is 10.4. The molecule has 0 atom stereocenters. The predicted molar refractivity (Wildman–Crippen MR) is 166 cm³/mol. The summed E-state index contributed by atoms with van der Waals surface area (Å²) < 4.78 is 0. The van der Waals surface area contributed by atoms with Crippen molar-refractivity contribution in [3.8, 4) is 12.1 Å². The maximum atomic E-state index is 9.02. The van der Waals surface area contributed by atoms with Gasteiger partial charge >= 0.3 is 0 Å². The second-order valence-corrected chi connectivity index (χ2v) is 10.6. The Morgan fingerprint density at radius 2 is 1.03 bits per heavy atom. The Labute approximate surface area is 233 Å². The molecule has 39 heavy (non-hydrogen) atoms. The van der Waals surface area contributed by atoms with E-state index in [0.29, 0.717) is 0 Å². The molecule has 0 N–H and O–H groups in total. The van der Waals surface area contributed by atoms with Gasteiger partial charge in [-0.15, -0.1) is 0 Å². The van der Waals surface area contributed by atoms with E-state index in [1.165, 1.54) is 49.8 Å². The molecule has 0 aliphatic heterocycles. The third kappa shape index (κ3) is 5.82. The van der Waals surface area contributed by atoms with Gasteiger partial charge in [-0.1, -0.05) is 98.3 Å². The van der Waals surface area contributed by atoms with Crippen LogP contribution in [0.5, 0.6) is 0 Å². The van der Waals surface area contributed by atoms with Crippen molar-refractivity contribution in [2.75, 3.05) is 11.9 Å². The number of anilines is 2. The summed E-state index contributed by atoms with van der Waals surface area (Å²) in [6, 6.07) is 29.8. The molecule has 0 aliphatic carbocycles. The Bertz CT molecular complexity index is 1510. The molecular formula is C35H34BN3. The third-order valence-corrected chi connectivity index (χ3v) is 7.50. The van der Waals surface area contributed by atoms with Gasteiger partial charge in [0.25, 0.3) is 0 Å². The van der Waals surface area contributed by atoms with Crippen molar-refractivity contribution in [1.82, 2.24) is 0 Å². The molecule has 0 unspecified atom stereocenters. The van der Waals surface area contributed by atoms with Crippen LogP contribution in [0.25, 0.3) is 6.08 Å². The standard InChI is InChI=1S/C35H34BN3/c1-23-16-25(3)34(26(4)17-23)36(35-27(5)18-24(2)19-28(35)6)31-10-14-33(15-11-31)39(7)32-12-8-29(9-13-32)20-30(21-37)22-38/h8-20H,1-7H3. The molecule has 0 saturated heterocycles. The van der Waals surface area contributed by atoms with Gasteiger partial charge in [-0.05, 0) is 77.4 Å². The van der Waals surface area contributed by atoms with Crippen LogP contribution in [0.2, 0.25) is 0 Å². The minimum atomic E-state index is 0.0966. The van der Waals surface area contributed by atoms with Crippen molar-refractivity contribution in [1.29, 1.82) is 10.5 Å². The largest absolute Gasteiger partial charge is 0.345 e. The fraction of sp³-hybridized carbons (Fsp3) is 0.200. The number of hydrogen-bond donors (Lipinski definition) is 0. The highest BCUT2D eigenvalue weighted by atomic mass is 15.1. The number of allylic oxidation sites excluding steroid dienone is 1. The average molecular weight is 507 g/mol. The number of nitriles is 2. The van der Waals surface area contributed by atoms with Crippen LogP contribution in [-0.4, -0.2) is 13.8 Å². The Kier molecular flexibility index (Phi) is 8.08. The molecule has 0 heterocycles. The van der Waals surface area contributed by atoms with Gasteiger partial charge in [-0.3, -0.25) is 0 Å². The quantitative estimate of drug-likeness (QED) is 0.229. The predicted octanol–water partition coefficient (Wildman–Crippen LogP) is 6.25. The number of rotatable bonds is 6. The summed E-state index contributed by atoms with van der Waals surface area (Å²) in [6.07, 6.45) is 1.60. The highest BCUT2D eigenvalue weighted by Crippen LogP contribution is 2.24. The van der Waals surface area contributed by atoms with E-state index in [-0.39, 0.29) is 12.3 Å². The number of nitrogens with zero attached hydrogens (tertiary/aromatic N) is 3. The lowest BCUT2D eigenvalue weighted by Crippen LogP contribution is -2.55. The van der Waals surface area contributed by atoms with E-state index >= 15 is 0 Å². The van der Waals surface area contributed by atoms with Gasteiger partial charge < -0.3 is 4.90 Å². The van der Waals surface area contributed by atoms with Crippen LogP contribution < -0.4 is 21.3 Å². The van der Waals surface area contributed by atoms with E-state index in [0.717, 1.165) is 16.9 Å². The summed E-state index contributed by atoms with van der Waals surface area (Å²) in [7, 11) is 2.05. The van der Waals surface area contributed by atoms with Crippen molar-refractivity contribution >= 4 is 40.6 Å². The Hall–Kier alpha value is -4.54. The molecule has 0 aromatic heterocycles. The monoisotopic (exact) mass is 507 g/mol. The molecule has 4 heteroatoms. The van der Waals surface area contributed by atoms with Crippen molar-refractivity contribution in [3.63, 3.8) is 0 Å². The smallest absolute Gasteiger partial charge is 0.242 e. The van der Waals surface area contributed by atoms with Crippen LogP contribution in [-0.2, 0) is 0 Å². The maximum absolute atomic E-state index is 9.02. The van der Waals surface area contributed by atoms with E-state index in [1.54, 1.807) is 6.08 Å². The van der Waals surface area contributed by atoms with Gasteiger partial charge in [0.2, 0.25) is 6.71 Å². The highest BCUT2D eigenvalue weighted by Gasteiger charge is 2.28. The summed E-state index contributed by atoms with van der Waals surface area (Å²) in [6.45, 7) is 13.4. The van der Waals surface area contributed by atoms with Crippen LogP contribution in [0.3, 0.4) is 0 Å². The van der Waals surface area contributed by atoms with Gasteiger partial charge in [0.15, 0.2) is 0 Å². The van der Waals surface area contributed by atoms with Crippen LogP contribution >= 0.6 is 0 Å². The fourth-order valence-corrected chi connectivity index (χ4v) is 5.86. The summed E-state index contributed by atoms with van der Waals surface area (Å²) in [5, 5.41) is 18.0. The summed E-state index contributed by atoms with van der Waals surface area (Å²) in [5.41, 5.74) is 15.0. The molecule has 0 bridgehead atoms. The summed E-state index contributed by atoms with van der Waals surface area (Å²) >= 11 is 0. The first-order chi connectivity index (χ1) is 18.6. The third-order valence-electron chi connectivity index (χ3n) is 7.50. The first kappa shape index (κ1) is 27.5. The summed E-state index contributed by atoms with van der Waals surface area (Å²) in [4.78, 5) is 2.15. The first-order valence-corrected chi connectivity index (χ1v) is 13.2. The van der Waals surface area contributed by atoms with Gasteiger partial charge in [0, 0.05) is 18.4 Å². The van der Waals surface area contributed by atoms with E-state index in [4.69, 9.17) is 10.5 Å². The topological polar surface area (TPSA) is 50.8 Å². The molecule has 3 nitrogen and oxygen atoms in total.